The first-order valence-electron chi connectivity index (χ1n) is 11.2. The lowest BCUT2D eigenvalue weighted by Gasteiger charge is -2.36. The zero-order valence-corrected chi connectivity index (χ0v) is 20.3. The Bertz CT molecular complexity index is 488. The first-order chi connectivity index (χ1) is 15.0. The SMILES string of the molecule is CC1CN(C)CC(COP(C)(=O)N2CCOCCOCCOCCOCCOCC2)O1. The van der Waals surface area contributed by atoms with Crippen molar-refractivity contribution < 1.29 is 37.5 Å². The van der Waals surface area contributed by atoms with Crippen LogP contribution in [0.5, 0.6) is 0 Å². The van der Waals surface area contributed by atoms with Crippen molar-refractivity contribution in [3.05, 3.63) is 0 Å². The topological polar surface area (TPSA) is 88.2 Å². The maximum Gasteiger partial charge on any atom is 0.269 e. The van der Waals surface area contributed by atoms with Gasteiger partial charge in [-0.2, -0.15) is 0 Å². The second-order valence-corrected chi connectivity index (χ2v) is 10.3. The van der Waals surface area contributed by atoms with Gasteiger partial charge < -0.3 is 37.8 Å². The Balaban J connectivity index is 1.82. The molecule has 0 aromatic rings. The molecule has 0 radical (unpaired) electrons. The van der Waals surface area contributed by atoms with Crippen molar-refractivity contribution in [1.82, 2.24) is 9.57 Å². The number of hydrogen-bond donors (Lipinski definition) is 0. The van der Waals surface area contributed by atoms with E-state index in [1.807, 2.05) is 11.6 Å². The van der Waals surface area contributed by atoms with E-state index in [0.29, 0.717) is 85.8 Å². The van der Waals surface area contributed by atoms with Crippen LogP contribution in [0.25, 0.3) is 0 Å². The monoisotopic (exact) mass is 468 g/mol. The third kappa shape index (κ3) is 12.1. The summed E-state index contributed by atoms with van der Waals surface area (Å²) < 4.78 is 54.7. The molecular weight excluding hydrogens is 427 g/mol. The Morgan fingerprint density at radius 3 is 1.71 bits per heavy atom. The summed E-state index contributed by atoms with van der Waals surface area (Å²) in [4.78, 5) is 2.21. The molecule has 0 amide bonds. The molecule has 0 bridgehead atoms. The molecule has 0 saturated carbocycles. The molecule has 2 heterocycles. The number of morpholine rings is 1. The van der Waals surface area contributed by atoms with Gasteiger partial charge in [-0.1, -0.05) is 0 Å². The fraction of sp³-hybridized carbons (Fsp3) is 1.00. The molecule has 31 heavy (non-hydrogen) atoms. The van der Waals surface area contributed by atoms with Gasteiger partial charge in [0.05, 0.1) is 84.9 Å². The quantitative estimate of drug-likeness (QED) is 0.556. The Morgan fingerprint density at radius 2 is 1.26 bits per heavy atom. The van der Waals surface area contributed by atoms with E-state index < -0.39 is 7.52 Å². The van der Waals surface area contributed by atoms with Gasteiger partial charge in [-0.25, -0.2) is 4.67 Å². The molecule has 0 N–H and O–H groups in total. The summed E-state index contributed by atoms with van der Waals surface area (Å²) in [5.41, 5.74) is 0. The summed E-state index contributed by atoms with van der Waals surface area (Å²) in [5.74, 6) is 0. The van der Waals surface area contributed by atoms with Gasteiger partial charge in [0.1, 0.15) is 0 Å². The number of ether oxygens (including phenoxy) is 6. The minimum Gasteiger partial charge on any atom is -0.378 e. The fourth-order valence-corrected chi connectivity index (χ4v) is 4.96. The number of hydrogen-bond acceptors (Lipinski definition) is 9. The summed E-state index contributed by atoms with van der Waals surface area (Å²) in [5, 5.41) is 0. The minimum absolute atomic E-state index is 0.0896. The molecule has 2 aliphatic heterocycles. The predicted octanol–water partition coefficient (Wildman–Crippen LogP) is 0.944. The first-order valence-corrected chi connectivity index (χ1v) is 13.2. The third-order valence-corrected chi connectivity index (χ3v) is 7.05. The molecule has 0 aromatic carbocycles. The van der Waals surface area contributed by atoms with Gasteiger partial charge in [-0.15, -0.1) is 0 Å². The van der Waals surface area contributed by atoms with Crippen LogP contribution in [0.4, 0.5) is 0 Å². The van der Waals surface area contributed by atoms with Gasteiger partial charge in [0.25, 0.3) is 7.52 Å². The highest BCUT2D eigenvalue weighted by molar-refractivity contribution is 7.55. The van der Waals surface area contributed by atoms with Crippen molar-refractivity contribution in [2.75, 3.05) is 113 Å². The van der Waals surface area contributed by atoms with E-state index in [1.165, 1.54) is 0 Å². The zero-order valence-electron chi connectivity index (χ0n) is 19.4. The van der Waals surface area contributed by atoms with Crippen LogP contribution < -0.4 is 0 Å². The second-order valence-electron chi connectivity index (χ2n) is 7.90. The van der Waals surface area contributed by atoms with Crippen LogP contribution in [0, 0.1) is 0 Å². The maximum atomic E-state index is 13.4. The second kappa shape index (κ2) is 15.7. The van der Waals surface area contributed by atoms with Crippen molar-refractivity contribution in [2.24, 2.45) is 0 Å². The van der Waals surface area contributed by atoms with Crippen LogP contribution in [0.3, 0.4) is 0 Å². The van der Waals surface area contributed by atoms with Gasteiger partial charge in [0.2, 0.25) is 0 Å². The first kappa shape index (κ1) is 27.1. The van der Waals surface area contributed by atoms with Gasteiger partial charge in [0.15, 0.2) is 0 Å². The lowest BCUT2D eigenvalue weighted by molar-refractivity contribution is -0.0855. The molecule has 2 fully saturated rings. The van der Waals surface area contributed by atoms with Gasteiger partial charge in [-0.05, 0) is 14.0 Å². The van der Waals surface area contributed by atoms with Crippen LogP contribution >= 0.6 is 7.52 Å². The zero-order chi connectivity index (χ0) is 22.4. The van der Waals surface area contributed by atoms with E-state index >= 15 is 0 Å². The molecular formula is C20H41N2O8P. The van der Waals surface area contributed by atoms with E-state index in [9.17, 15) is 4.57 Å². The molecule has 0 aliphatic carbocycles. The van der Waals surface area contributed by atoms with Crippen molar-refractivity contribution in [1.29, 1.82) is 0 Å². The summed E-state index contributed by atoms with van der Waals surface area (Å²) >= 11 is 0. The number of rotatable bonds is 4. The lowest BCUT2D eigenvalue weighted by atomic mass is 10.2. The summed E-state index contributed by atoms with van der Waals surface area (Å²) in [6.07, 6.45) is 0.0473. The van der Waals surface area contributed by atoms with Crippen molar-refractivity contribution in [2.45, 2.75) is 19.1 Å². The molecule has 2 saturated heterocycles. The standard InChI is InChI=1S/C20H41N2O8P/c1-19-16-21(2)17-20(30-19)18-29-31(3,23)22-4-6-24-8-10-26-12-14-28-15-13-27-11-9-25-7-5-22/h19-20H,4-18H2,1-3H3. The third-order valence-electron chi connectivity index (χ3n) is 5.00. The Hall–Kier alpha value is -0.130. The van der Waals surface area contributed by atoms with Gasteiger partial charge in [-0.3, -0.25) is 4.57 Å². The molecule has 10 nitrogen and oxygen atoms in total. The fourth-order valence-electron chi connectivity index (χ4n) is 3.47. The highest BCUT2D eigenvalue weighted by atomic mass is 31.2. The van der Waals surface area contributed by atoms with E-state index in [4.69, 9.17) is 32.9 Å². The molecule has 0 aromatic heterocycles. The highest BCUT2D eigenvalue weighted by Gasteiger charge is 2.30. The van der Waals surface area contributed by atoms with E-state index in [1.54, 1.807) is 6.66 Å². The number of likely N-dealkylation sites (N-methyl/N-ethyl adjacent to an activating group) is 1. The summed E-state index contributed by atoms with van der Waals surface area (Å²) in [6.45, 7) is 11.5. The molecule has 0 spiro atoms. The van der Waals surface area contributed by atoms with Crippen LogP contribution in [0.1, 0.15) is 6.92 Å². The molecule has 184 valence electrons. The van der Waals surface area contributed by atoms with E-state index in [0.717, 1.165) is 13.1 Å². The molecule has 3 unspecified atom stereocenters. The largest absolute Gasteiger partial charge is 0.378 e. The average Bonchev–Trinajstić information content (AvgIpc) is 2.71. The summed E-state index contributed by atoms with van der Waals surface area (Å²) in [7, 11) is -0.974. The normalized spacial score (nSPS) is 30.2. The van der Waals surface area contributed by atoms with Crippen LogP contribution in [0.2, 0.25) is 0 Å². The van der Waals surface area contributed by atoms with Gasteiger partial charge in [0, 0.05) is 32.8 Å². The predicted molar refractivity (Wildman–Crippen MR) is 117 cm³/mol. The van der Waals surface area contributed by atoms with E-state index in [2.05, 4.69) is 11.9 Å². The van der Waals surface area contributed by atoms with E-state index in [-0.39, 0.29) is 12.2 Å². The lowest BCUT2D eigenvalue weighted by Crippen LogP contribution is -2.46. The van der Waals surface area contributed by atoms with Crippen molar-refractivity contribution >= 4 is 7.52 Å². The molecule has 11 heteroatoms. The molecule has 2 rings (SSSR count). The van der Waals surface area contributed by atoms with Crippen LogP contribution in [0.15, 0.2) is 0 Å². The molecule has 2 aliphatic rings. The van der Waals surface area contributed by atoms with Gasteiger partial charge >= 0.3 is 0 Å². The number of nitrogens with zero attached hydrogens (tertiary/aromatic N) is 2. The smallest absolute Gasteiger partial charge is 0.269 e. The average molecular weight is 469 g/mol. The Morgan fingerprint density at radius 1 is 0.806 bits per heavy atom. The Kier molecular flexibility index (Phi) is 13.7. The van der Waals surface area contributed by atoms with Crippen molar-refractivity contribution in [3.63, 3.8) is 0 Å². The maximum absolute atomic E-state index is 13.4. The van der Waals surface area contributed by atoms with Crippen LogP contribution in [-0.2, 0) is 37.5 Å². The van der Waals surface area contributed by atoms with Crippen molar-refractivity contribution in [3.8, 4) is 0 Å². The highest BCUT2D eigenvalue weighted by Crippen LogP contribution is 2.46. The molecule has 3 atom stereocenters. The minimum atomic E-state index is -3.03. The summed E-state index contributed by atoms with van der Waals surface area (Å²) in [6, 6.07) is 0. The van der Waals surface area contributed by atoms with Crippen LogP contribution in [-0.4, -0.2) is 134 Å². The Labute approximate surface area is 186 Å².